The number of carbonyl (C=O) groups is 1. The Bertz CT molecular complexity index is 225. The smallest absolute Gasteiger partial charge is 0.307 e. The Labute approximate surface area is 80.3 Å². The molecule has 0 aliphatic rings. The molecule has 0 aliphatic carbocycles. The summed E-state index contributed by atoms with van der Waals surface area (Å²) in [5.41, 5.74) is -0.0310. The van der Waals surface area contributed by atoms with Gasteiger partial charge in [0.2, 0.25) is 0 Å². The summed E-state index contributed by atoms with van der Waals surface area (Å²) in [6, 6.07) is 0. The lowest BCUT2D eigenvalue weighted by molar-refractivity contribution is -0.141. The average molecular weight is 182 g/mol. The molecular weight excluding hydrogens is 164 g/mol. The molecule has 0 heterocycles. The van der Waals surface area contributed by atoms with Crippen molar-refractivity contribution >= 4 is 5.97 Å². The van der Waals surface area contributed by atoms with Crippen LogP contribution in [0.2, 0.25) is 0 Å². The van der Waals surface area contributed by atoms with Crippen LogP contribution in [0.1, 0.15) is 40.5 Å². The molecule has 0 radical (unpaired) electrons. The van der Waals surface area contributed by atoms with Crippen molar-refractivity contribution in [1.29, 1.82) is 0 Å². The maximum atomic E-state index is 10.6. The van der Waals surface area contributed by atoms with E-state index in [0.717, 1.165) is 0 Å². The van der Waals surface area contributed by atoms with Gasteiger partial charge in [0.25, 0.3) is 0 Å². The van der Waals surface area contributed by atoms with Crippen LogP contribution in [-0.2, 0) is 4.79 Å². The predicted octanol–water partition coefficient (Wildman–Crippen LogP) is 2.54. The third-order valence-electron chi connectivity index (χ3n) is 1.65. The fourth-order valence-electron chi connectivity index (χ4n) is 0.846. The highest BCUT2D eigenvalue weighted by Crippen LogP contribution is 2.12. The molecule has 1 N–H and O–H groups in total. The highest BCUT2D eigenvalue weighted by Gasteiger charge is 2.13. The molecule has 0 aromatic carbocycles. The van der Waals surface area contributed by atoms with Crippen molar-refractivity contribution in [1.82, 2.24) is 0 Å². The summed E-state index contributed by atoms with van der Waals surface area (Å²) in [7, 11) is 0. The molecule has 0 aromatic rings. The van der Waals surface area contributed by atoms with E-state index in [1.54, 1.807) is 0 Å². The third kappa shape index (κ3) is 6.21. The van der Waals surface area contributed by atoms with Gasteiger partial charge < -0.3 is 5.11 Å². The van der Waals surface area contributed by atoms with Crippen molar-refractivity contribution < 1.29 is 9.90 Å². The molecule has 1 atom stereocenters. The van der Waals surface area contributed by atoms with E-state index in [0.29, 0.717) is 12.8 Å². The highest BCUT2D eigenvalue weighted by molar-refractivity contribution is 5.70. The molecule has 0 saturated heterocycles. The van der Waals surface area contributed by atoms with E-state index in [-0.39, 0.29) is 11.3 Å². The molecular formula is C11H18O2. The lowest BCUT2D eigenvalue weighted by Crippen LogP contribution is -2.11. The fourth-order valence-corrected chi connectivity index (χ4v) is 0.846. The predicted molar refractivity (Wildman–Crippen MR) is 53.3 cm³/mol. The first kappa shape index (κ1) is 12.0. The zero-order valence-electron chi connectivity index (χ0n) is 8.85. The van der Waals surface area contributed by atoms with Crippen molar-refractivity contribution in [2.75, 3.05) is 0 Å². The number of hydrogen-bond donors (Lipinski definition) is 1. The first-order valence-corrected chi connectivity index (χ1v) is 4.59. The van der Waals surface area contributed by atoms with Gasteiger partial charge in [0.1, 0.15) is 0 Å². The molecule has 13 heavy (non-hydrogen) atoms. The minimum atomic E-state index is -0.745. The zero-order valence-corrected chi connectivity index (χ0v) is 8.85. The molecule has 0 bridgehead atoms. The highest BCUT2D eigenvalue weighted by atomic mass is 16.4. The minimum Gasteiger partial charge on any atom is -0.481 e. The summed E-state index contributed by atoms with van der Waals surface area (Å²) in [5.74, 6) is 4.90. The number of aliphatic carboxylic acids is 1. The van der Waals surface area contributed by atoms with Gasteiger partial charge in [-0.2, -0.15) is 0 Å². The Kier molecular flexibility index (Phi) is 4.55. The van der Waals surface area contributed by atoms with Gasteiger partial charge in [-0.25, -0.2) is 0 Å². The normalized spacial score (nSPS) is 12.9. The van der Waals surface area contributed by atoms with Crippen LogP contribution in [0, 0.1) is 23.2 Å². The van der Waals surface area contributed by atoms with E-state index in [2.05, 4.69) is 11.8 Å². The van der Waals surface area contributed by atoms with Gasteiger partial charge in [0, 0.05) is 11.8 Å². The van der Waals surface area contributed by atoms with Gasteiger partial charge in [-0.3, -0.25) is 4.79 Å². The molecule has 1 unspecified atom stereocenters. The summed E-state index contributed by atoms with van der Waals surface area (Å²) >= 11 is 0. The largest absolute Gasteiger partial charge is 0.481 e. The van der Waals surface area contributed by atoms with E-state index in [1.165, 1.54) is 0 Å². The van der Waals surface area contributed by atoms with E-state index >= 15 is 0 Å². The van der Waals surface area contributed by atoms with E-state index < -0.39 is 5.97 Å². The molecule has 0 fully saturated rings. The second-order valence-corrected chi connectivity index (χ2v) is 4.20. The lowest BCUT2D eigenvalue weighted by Gasteiger charge is -2.08. The average Bonchev–Trinajstić information content (AvgIpc) is 1.95. The molecule has 0 aromatic heterocycles. The Morgan fingerprint density at radius 3 is 2.31 bits per heavy atom. The Hall–Kier alpha value is -0.970. The van der Waals surface area contributed by atoms with Crippen molar-refractivity contribution in [3.63, 3.8) is 0 Å². The standard InChI is InChI=1S/C11H18O2/c1-5-9(10(12)13)7-6-8-11(2,3)4/h9H,5,7H2,1-4H3,(H,12,13). The molecule has 0 aliphatic heterocycles. The SMILES string of the molecule is CCC(CC#CC(C)(C)C)C(=O)O. The Morgan fingerprint density at radius 1 is 1.46 bits per heavy atom. The van der Waals surface area contributed by atoms with Crippen LogP contribution in [0.5, 0.6) is 0 Å². The number of hydrogen-bond acceptors (Lipinski definition) is 1. The maximum Gasteiger partial charge on any atom is 0.307 e. The summed E-state index contributed by atoms with van der Waals surface area (Å²) in [4.78, 5) is 10.6. The second kappa shape index (κ2) is 4.91. The van der Waals surface area contributed by atoms with Crippen molar-refractivity contribution in [3.05, 3.63) is 0 Å². The van der Waals surface area contributed by atoms with Gasteiger partial charge >= 0.3 is 5.97 Å². The van der Waals surface area contributed by atoms with E-state index in [1.807, 2.05) is 27.7 Å². The van der Waals surface area contributed by atoms with Crippen LogP contribution in [0.15, 0.2) is 0 Å². The zero-order chi connectivity index (χ0) is 10.5. The van der Waals surface area contributed by atoms with Crippen molar-refractivity contribution in [2.24, 2.45) is 11.3 Å². The van der Waals surface area contributed by atoms with Crippen LogP contribution >= 0.6 is 0 Å². The molecule has 0 rings (SSSR count). The number of rotatable bonds is 3. The van der Waals surface area contributed by atoms with Crippen LogP contribution in [0.3, 0.4) is 0 Å². The molecule has 74 valence electrons. The van der Waals surface area contributed by atoms with Gasteiger partial charge in [0.05, 0.1) is 5.92 Å². The number of carboxylic acid groups (broad SMARTS) is 1. The molecule has 2 nitrogen and oxygen atoms in total. The quantitative estimate of drug-likeness (QED) is 0.681. The summed E-state index contributed by atoms with van der Waals surface area (Å²) in [6.07, 6.45) is 1.11. The summed E-state index contributed by atoms with van der Waals surface area (Å²) in [6.45, 7) is 7.92. The van der Waals surface area contributed by atoms with Crippen LogP contribution < -0.4 is 0 Å². The second-order valence-electron chi connectivity index (χ2n) is 4.20. The Balaban J connectivity index is 4.11. The Morgan fingerprint density at radius 2 is 2.00 bits per heavy atom. The fraction of sp³-hybridized carbons (Fsp3) is 0.727. The van der Waals surface area contributed by atoms with Gasteiger partial charge in [-0.1, -0.05) is 12.8 Å². The molecule has 0 saturated carbocycles. The van der Waals surface area contributed by atoms with Crippen LogP contribution in [0.4, 0.5) is 0 Å². The minimum absolute atomic E-state index is 0.0310. The molecule has 0 amide bonds. The summed E-state index contributed by atoms with van der Waals surface area (Å²) < 4.78 is 0. The molecule has 0 spiro atoms. The van der Waals surface area contributed by atoms with Crippen LogP contribution in [-0.4, -0.2) is 11.1 Å². The summed E-state index contributed by atoms with van der Waals surface area (Å²) in [5, 5.41) is 8.73. The van der Waals surface area contributed by atoms with Crippen molar-refractivity contribution in [2.45, 2.75) is 40.5 Å². The van der Waals surface area contributed by atoms with Gasteiger partial charge in [-0.05, 0) is 27.2 Å². The monoisotopic (exact) mass is 182 g/mol. The number of carboxylic acids is 1. The first-order valence-electron chi connectivity index (χ1n) is 4.59. The van der Waals surface area contributed by atoms with Gasteiger partial charge in [-0.15, -0.1) is 5.92 Å². The third-order valence-corrected chi connectivity index (χ3v) is 1.65. The van der Waals surface area contributed by atoms with E-state index in [4.69, 9.17) is 5.11 Å². The van der Waals surface area contributed by atoms with Gasteiger partial charge in [0.15, 0.2) is 0 Å². The van der Waals surface area contributed by atoms with Crippen LogP contribution in [0.25, 0.3) is 0 Å². The first-order chi connectivity index (χ1) is 5.87. The topological polar surface area (TPSA) is 37.3 Å². The molecule has 2 heteroatoms. The van der Waals surface area contributed by atoms with Crippen molar-refractivity contribution in [3.8, 4) is 11.8 Å². The van der Waals surface area contributed by atoms with E-state index in [9.17, 15) is 4.79 Å². The lowest BCUT2D eigenvalue weighted by atomic mass is 9.96. The maximum absolute atomic E-state index is 10.6.